The van der Waals surface area contributed by atoms with Crippen LogP contribution < -0.4 is 5.73 Å². The fourth-order valence-corrected chi connectivity index (χ4v) is 2.96. The smallest absolute Gasteiger partial charge is 0.0482 e. The van der Waals surface area contributed by atoms with Gasteiger partial charge in [0, 0.05) is 37.6 Å². The van der Waals surface area contributed by atoms with Crippen LogP contribution >= 0.6 is 0 Å². The van der Waals surface area contributed by atoms with Crippen molar-refractivity contribution in [3.05, 3.63) is 29.6 Å². The molecule has 0 bridgehead atoms. The van der Waals surface area contributed by atoms with Crippen LogP contribution in [0.3, 0.4) is 0 Å². The lowest BCUT2D eigenvalue weighted by molar-refractivity contribution is 0.211. The molecule has 0 spiro atoms. The summed E-state index contributed by atoms with van der Waals surface area (Å²) in [7, 11) is 4.38. The van der Waals surface area contributed by atoms with E-state index in [2.05, 4.69) is 41.0 Å². The monoisotopic (exact) mass is 262 g/mol. The van der Waals surface area contributed by atoms with E-state index in [9.17, 15) is 0 Å². The number of likely N-dealkylation sites (tertiary alicyclic amines) is 1. The highest BCUT2D eigenvalue weighted by Crippen LogP contribution is 2.22. The molecule has 2 atom stereocenters. The van der Waals surface area contributed by atoms with Gasteiger partial charge in [-0.15, -0.1) is 0 Å². The Morgan fingerprint density at radius 1 is 1.53 bits per heavy atom. The molecule has 0 aliphatic carbocycles. The molecule has 4 nitrogen and oxygen atoms in total. The highest BCUT2D eigenvalue weighted by Gasteiger charge is 2.24. The summed E-state index contributed by atoms with van der Waals surface area (Å²) in [6.07, 6.45) is 3.26. The maximum absolute atomic E-state index is 5.97. The van der Waals surface area contributed by atoms with E-state index in [-0.39, 0.29) is 6.04 Å². The van der Waals surface area contributed by atoms with Gasteiger partial charge in [-0.25, -0.2) is 0 Å². The molecule has 1 aromatic rings. The number of pyridine rings is 1. The minimum Gasteiger partial charge on any atom is -0.329 e. The molecule has 0 aromatic carbocycles. The van der Waals surface area contributed by atoms with E-state index in [0.717, 1.165) is 18.2 Å². The van der Waals surface area contributed by atoms with Gasteiger partial charge in [0.15, 0.2) is 0 Å². The van der Waals surface area contributed by atoms with Gasteiger partial charge in [0.05, 0.1) is 0 Å². The van der Waals surface area contributed by atoms with Crippen molar-refractivity contribution in [2.45, 2.75) is 19.4 Å². The van der Waals surface area contributed by atoms with Gasteiger partial charge >= 0.3 is 0 Å². The standard InChI is InChI=1S/C15H26N4/c1-12-4-5-14(9-17-12)15(8-16)19(3)11-13-6-7-18(2)10-13/h4-5,9,13,15H,6-8,10-11,16H2,1-3H3. The third kappa shape index (κ3) is 3.75. The van der Waals surface area contributed by atoms with Crippen molar-refractivity contribution < 1.29 is 0 Å². The topological polar surface area (TPSA) is 45.4 Å². The molecule has 1 aliphatic heterocycles. The van der Waals surface area contributed by atoms with E-state index in [1.807, 2.05) is 13.1 Å². The minimum atomic E-state index is 0.277. The molecule has 1 aliphatic rings. The summed E-state index contributed by atoms with van der Waals surface area (Å²) in [5.41, 5.74) is 8.24. The van der Waals surface area contributed by atoms with E-state index in [1.165, 1.54) is 25.1 Å². The average molecular weight is 262 g/mol. The third-order valence-electron chi connectivity index (χ3n) is 4.11. The Hall–Kier alpha value is -0.970. The second-order valence-electron chi connectivity index (χ2n) is 5.84. The van der Waals surface area contributed by atoms with Gasteiger partial charge in [-0.2, -0.15) is 0 Å². The highest BCUT2D eigenvalue weighted by molar-refractivity contribution is 5.17. The zero-order valence-corrected chi connectivity index (χ0v) is 12.3. The average Bonchev–Trinajstić information content (AvgIpc) is 2.78. The van der Waals surface area contributed by atoms with Crippen LogP contribution in [0, 0.1) is 12.8 Å². The lowest BCUT2D eigenvalue weighted by Gasteiger charge is -2.29. The van der Waals surface area contributed by atoms with Crippen LogP contribution in [-0.2, 0) is 0 Å². The molecule has 1 aromatic heterocycles. The van der Waals surface area contributed by atoms with Crippen molar-refractivity contribution in [3.63, 3.8) is 0 Å². The number of aromatic nitrogens is 1. The third-order valence-corrected chi connectivity index (χ3v) is 4.11. The first-order chi connectivity index (χ1) is 9.10. The largest absolute Gasteiger partial charge is 0.329 e. The van der Waals surface area contributed by atoms with Crippen molar-refractivity contribution in [2.24, 2.45) is 11.7 Å². The molecule has 106 valence electrons. The van der Waals surface area contributed by atoms with E-state index in [4.69, 9.17) is 5.73 Å². The second-order valence-corrected chi connectivity index (χ2v) is 5.84. The number of nitrogens with two attached hydrogens (primary N) is 1. The summed E-state index contributed by atoms with van der Waals surface area (Å²) in [5, 5.41) is 0. The first-order valence-corrected chi connectivity index (χ1v) is 7.11. The van der Waals surface area contributed by atoms with Crippen molar-refractivity contribution in [2.75, 3.05) is 40.3 Å². The van der Waals surface area contributed by atoms with Gasteiger partial charge in [0.1, 0.15) is 0 Å². The number of hydrogen-bond donors (Lipinski definition) is 1. The van der Waals surface area contributed by atoms with Gasteiger partial charge in [-0.1, -0.05) is 6.07 Å². The van der Waals surface area contributed by atoms with E-state index >= 15 is 0 Å². The van der Waals surface area contributed by atoms with Crippen molar-refractivity contribution in [1.29, 1.82) is 0 Å². The molecule has 2 N–H and O–H groups in total. The summed E-state index contributed by atoms with van der Waals surface area (Å²) in [6.45, 7) is 6.19. The maximum Gasteiger partial charge on any atom is 0.0482 e. The summed E-state index contributed by atoms with van der Waals surface area (Å²) in [5.74, 6) is 0.766. The molecule has 2 unspecified atom stereocenters. The molecule has 0 radical (unpaired) electrons. The zero-order chi connectivity index (χ0) is 13.8. The normalized spacial score (nSPS) is 22.1. The lowest BCUT2D eigenvalue weighted by atomic mass is 10.0. The highest BCUT2D eigenvalue weighted by atomic mass is 15.2. The predicted molar refractivity (Wildman–Crippen MR) is 79.0 cm³/mol. The first kappa shape index (κ1) is 14.4. The Bertz CT molecular complexity index is 390. The Kier molecular flexibility index (Phi) is 4.91. The predicted octanol–water partition coefficient (Wildman–Crippen LogP) is 1.27. The van der Waals surface area contributed by atoms with E-state index in [1.54, 1.807) is 0 Å². The van der Waals surface area contributed by atoms with Crippen LogP contribution in [0.2, 0.25) is 0 Å². The summed E-state index contributed by atoms with van der Waals surface area (Å²) in [6, 6.07) is 4.49. The molecule has 19 heavy (non-hydrogen) atoms. The summed E-state index contributed by atoms with van der Waals surface area (Å²) >= 11 is 0. The molecular formula is C15H26N4. The Balaban J connectivity index is 1.98. The Morgan fingerprint density at radius 2 is 2.32 bits per heavy atom. The molecule has 1 fully saturated rings. The SMILES string of the molecule is Cc1ccc(C(CN)N(C)CC2CCN(C)C2)cn1. The van der Waals surface area contributed by atoms with Crippen LogP contribution in [0.15, 0.2) is 18.3 Å². The Morgan fingerprint density at radius 3 is 2.84 bits per heavy atom. The van der Waals surface area contributed by atoms with Gasteiger partial charge in [-0.3, -0.25) is 9.88 Å². The number of likely N-dealkylation sites (N-methyl/N-ethyl adjacent to an activating group) is 1. The van der Waals surface area contributed by atoms with Crippen LogP contribution in [0.25, 0.3) is 0 Å². The molecule has 2 rings (SSSR count). The zero-order valence-electron chi connectivity index (χ0n) is 12.3. The maximum atomic E-state index is 5.97. The minimum absolute atomic E-state index is 0.277. The first-order valence-electron chi connectivity index (χ1n) is 7.11. The molecular weight excluding hydrogens is 236 g/mol. The van der Waals surface area contributed by atoms with Gasteiger partial charge in [-0.05, 0) is 51.5 Å². The lowest BCUT2D eigenvalue weighted by Crippen LogP contribution is -2.35. The van der Waals surface area contributed by atoms with Gasteiger partial charge in [0.25, 0.3) is 0 Å². The quantitative estimate of drug-likeness (QED) is 0.868. The van der Waals surface area contributed by atoms with Crippen LogP contribution in [0.5, 0.6) is 0 Å². The number of hydrogen-bond acceptors (Lipinski definition) is 4. The van der Waals surface area contributed by atoms with Crippen LogP contribution in [0.1, 0.15) is 23.7 Å². The number of nitrogens with zero attached hydrogens (tertiary/aromatic N) is 3. The fourth-order valence-electron chi connectivity index (χ4n) is 2.96. The summed E-state index contributed by atoms with van der Waals surface area (Å²) < 4.78 is 0. The molecule has 2 heterocycles. The van der Waals surface area contributed by atoms with Crippen molar-refractivity contribution in [3.8, 4) is 0 Å². The molecule has 0 amide bonds. The van der Waals surface area contributed by atoms with Gasteiger partial charge in [0.2, 0.25) is 0 Å². The van der Waals surface area contributed by atoms with E-state index < -0.39 is 0 Å². The van der Waals surface area contributed by atoms with Crippen molar-refractivity contribution >= 4 is 0 Å². The molecule has 1 saturated heterocycles. The fraction of sp³-hybridized carbons (Fsp3) is 0.667. The number of aryl methyl sites for hydroxylation is 1. The van der Waals surface area contributed by atoms with Gasteiger partial charge < -0.3 is 10.6 Å². The van der Waals surface area contributed by atoms with Crippen LogP contribution in [0.4, 0.5) is 0 Å². The number of rotatable bonds is 5. The summed E-state index contributed by atoms with van der Waals surface area (Å²) in [4.78, 5) is 9.18. The molecule has 0 saturated carbocycles. The Labute approximate surface area is 116 Å². The molecule has 4 heteroatoms. The van der Waals surface area contributed by atoms with Crippen LogP contribution in [-0.4, -0.2) is 55.1 Å². The van der Waals surface area contributed by atoms with Crippen molar-refractivity contribution in [1.82, 2.24) is 14.8 Å². The second kappa shape index (κ2) is 6.46. The van der Waals surface area contributed by atoms with E-state index in [0.29, 0.717) is 6.54 Å².